The first-order valence-electron chi connectivity index (χ1n) is 9.99. The molecule has 0 fully saturated rings. The Balaban J connectivity index is 1.69. The number of nitrogens with zero attached hydrogens (tertiary/aromatic N) is 4. The summed E-state index contributed by atoms with van der Waals surface area (Å²) in [6.45, 7) is -0.181. The number of rotatable bonds is 7. The summed E-state index contributed by atoms with van der Waals surface area (Å²) in [5, 5.41) is 2.73. The van der Waals surface area contributed by atoms with Crippen LogP contribution in [0, 0.1) is 0 Å². The molecule has 4 rings (SSSR count). The molecule has 0 radical (unpaired) electrons. The number of methoxy groups -OCH3 is 1. The average Bonchev–Trinajstić information content (AvgIpc) is 2.83. The second kappa shape index (κ2) is 9.25. The number of ether oxygens (including phenoxy) is 1. The van der Waals surface area contributed by atoms with Gasteiger partial charge in [0.15, 0.2) is 11.2 Å². The van der Waals surface area contributed by atoms with Gasteiger partial charge in [0, 0.05) is 18.9 Å². The van der Waals surface area contributed by atoms with Gasteiger partial charge in [0.05, 0.1) is 12.8 Å². The van der Waals surface area contributed by atoms with Gasteiger partial charge in [0.25, 0.3) is 5.56 Å². The third-order valence-electron chi connectivity index (χ3n) is 4.99. The summed E-state index contributed by atoms with van der Waals surface area (Å²) in [5.41, 5.74) is 0.405. The Kier molecular flexibility index (Phi) is 6.07. The summed E-state index contributed by atoms with van der Waals surface area (Å²) < 4.78 is 7.51. The topological polar surface area (TPSA) is 108 Å². The van der Waals surface area contributed by atoms with Gasteiger partial charge < -0.3 is 10.1 Å². The molecule has 0 bridgehead atoms. The Morgan fingerprint density at radius 3 is 2.47 bits per heavy atom. The Labute approximate surface area is 182 Å². The summed E-state index contributed by atoms with van der Waals surface area (Å²) in [4.78, 5) is 47.1. The zero-order valence-electron chi connectivity index (χ0n) is 17.4. The molecular weight excluding hydrogens is 410 g/mol. The predicted octanol–water partition coefficient (Wildman–Crippen LogP) is 1.84. The highest BCUT2D eigenvalue weighted by atomic mass is 16.5. The van der Waals surface area contributed by atoms with Crippen molar-refractivity contribution in [3.63, 3.8) is 0 Å². The third-order valence-corrected chi connectivity index (χ3v) is 4.99. The molecule has 0 saturated heterocycles. The Morgan fingerprint density at radius 2 is 1.69 bits per heavy atom. The molecule has 0 aliphatic rings. The molecule has 32 heavy (non-hydrogen) atoms. The number of carbonyl (C=O) groups is 1. The van der Waals surface area contributed by atoms with E-state index >= 15 is 0 Å². The lowest BCUT2D eigenvalue weighted by atomic mass is 10.1. The van der Waals surface area contributed by atoms with Crippen LogP contribution in [0.5, 0.6) is 5.75 Å². The summed E-state index contributed by atoms with van der Waals surface area (Å²) in [6, 6.07) is 16.5. The average molecular weight is 431 g/mol. The number of aryl methyl sites for hydroxylation is 1. The number of hydrogen-bond donors (Lipinski definition) is 1. The fourth-order valence-electron chi connectivity index (χ4n) is 3.44. The summed E-state index contributed by atoms with van der Waals surface area (Å²) >= 11 is 0. The minimum atomic E-state index is -0.617. The van der Waals surface area contributed by atoms with E-state index in [1.807, 2.05) is 30.3 Å². The van der Waals surface area contributed by atoms with Crippen LogP contribution in [0.3, 0.4) is 0 Å². The molecule has 162 valence electrons. The van der Waals surface area contributed by atoms with E-state index in [0.29, 0.717) is 17.9 Å². The second-order valence-corrected chi connectivity index (χ2v) is 7.04. The molecule has 0 spiro atoms. The molecule has 9 heteroatoms. The van der Waals surface area contributed by atoms with E-state index in [2.05, 4.69) is 15.3 Å². The summed E-state index contributed by atoms with van der Waals surface area (Å²) in [6.07, 6.45) is 3.24. The number of carbonyl (C=O) groups excluding carboxylic acids is 1. The number of fused-ring (bicyclic) bond motifs is 1. The maximum Gasteiger partial charge on any atom is 0.333 e. The van der Waals surface area contributed by atoms with Gasteiger partial charge in [-0.25, -0.2) is 14.8 Å². The van der Waals surface area contributed by atoms with Crippen molar-refractivity contribution in [1.29, 1.82) is 0 Å². The number of hydrogen-bond acceptors (Lipinski definition) is 6. The first kappa shape index (κ1) is 21.0. The fraction of sp³-hybridized carbons (Fsp3) is 0.174. The maximum atomic E-state index is 13.2. The standard InChI is InChI=1S/C23H21N5O4/c1-32-18-10-6-5-9-17(18)26-19(29)15-28-21-20(24-12-13-25-21)22(30)27(23(28)31)14-11-16-7-3-2-4-8-16/h2-10,12-13H,11,14-15H2,1H3,(H,26,29). The SMILES string of the molecule is COc1ccccc1NC(=O)Cn1c(=O)n(CCc2ccccc2)c(=O)c2nccnc21. The van der Waals surface area contributed by atoms with E-state index in [1.165, 1.54) is 24.1 Å². The molecule has 9 nitrogen and oxygen atoms in total. The summed E-state index contributed by atoms with van der Waals surface area (Å²) in [5.74, 6) is 0.0301. The number of aromatic nitrogens is 4. The van der Waals surface area contributed by atoms with Crippen LogP contribution in [0.25, 0.3) is 11.2 Å². The molecule has 1 N–H and O–H groups in total. The molecule has 2 aromatic carbocycles. The van der Waals surface area contributed by atoms with Crippen LogP contribution in [0.4, 0.5) is 5.69 Å². The third kappa shape index (κ3) is 4.27. The maximum absolute atomic E-state index is 13.2. The molecule has 4 aromatic rings. The largest absolute Gasteiger partial charge is 0.495 e. The van der Waals surface area contributed by atoms with Gasteiger partial charge >= 0.3 is 5.69 Å². The van der Waals surface area contributed by atoms with Crippen LogP contribution in [0.15, 0.2) is 76.6 Å². The monoisotopic (exact) mass is 431 g/mol. The number of anilines is 1. The zero-order chi connectivity index (χ0) is 22.5. The van der Waals surface area contributed by atoms with Crippen LogP contribution >= 0.6 is 0 Å². The lowest BCUT2D eigenvalue weighted by Gasteiger charge is -2.14. The van der Waals surface area contributed by atoms with E-state index in [0.717, 1.165) is 10.1 Å². The highest BCUT2D eigenvalue weighted by molar-refractivity contribution is 5.92. The highest BCUT2D eigenvalue weighted by Gasteiger charge is 2.18. The molecule has 2 aromatic heterocycles. The van der Waals surface area contributed by atoms with Gasteiger partial charge in [0.1, 0.15) is 12.3 Å². The normalized spacial score (nSPS) is 10.8. The minimum Gasteiger partial charge on any atom is -0.495 e. The Hall–Kier alpha value is -4.27. The first-order chi connectivity index (χ1) is 15.6. The van der Waals surface area contributed by atoms with Gasteiger partial charge in [0.2, 0.25) is 5.91 Å². The molecule has 0 aliphatic heterocycles. The van der Waals surface area contributed by atoms with Crippen LogP contribution in [-0.4, -0.2) is 32.1 Å². The lowest BCUT2D eigenvalue weighted by molar-refractivity contribution is -0.116. The van der Waals surface area contributed by atoms with Crippen molar-refractivity contribution in [2.75, 3.05) is 12.4 Å². The Bertz CT molecular complexity index is 1380. The molecule has 0 saturated carbocycles. The fourth-order valence-corrected chi connectivity index (χ4v) is 3.44. The number of para-hydroxylation sites is 2. The van der Waals surface area contributed by atoms with Gasteiger partial charge in [-0.1, -0.05) is 42.5 Å². The predicted molar refractivity (Wildman–Crippen MR) is 120 cm³/mol. The molecule has 2 heterocycles. The summed E-state index contributed by atoms with van der Waals surface area (Å²) in [7, 11) is 1.50. The van der Waals surface area contributed by atoms with Crippen molar-refractivity contribution < 1.29 is 9.53 Å². The molecule has 0 atom stereocenters. The van der Waals surface area contributed by atoms with Crippen molar-refractivity contribution in [2.24, 2.45) is 0 Å². The van der Waals surface area contributed by atoms with Crippen LogP contribution < -0.4 is 21.3 Å². The number of nitrogens with one attached hydrogen (secondary N) is 1. The van der Waals surface area contributed by atoms with Crippen molar-refractivity contribution in [2.45, 2.75) is 19.5 Å². The van der Waals surface area contributed by atoms with Gasteiger partial charge in [-0.05, 0) is 24.1 Å². The quantitative estimate of drug-likeness (QED) is 0.478. The Morgan fingerprint density at radius 1 is 0.969 bits per heavy atom. The molecule has 0 unspecified atom stereocenters. The van der Waals surface area contributed by atoms with E-state index in [9.17, 15) is 14.4 Å². The first-order valence-corrected chi connectivity index (χ1v) is 9.99. The smallest absolute Gasteiger partial charge is 0.333 e. The highest BCUT2D eigenvalue weighted by Crippen LogP contribution is 2.22. The number of benzene rings is 2. The van der Waals surface area contributed by atoms with Crippen molar-refractivity contribution in [3.8, 4) is 5.75 Å². The van der Waals surface area contributed by atoms with E-state index in [1.54, 1.807) is 24.3 Å². The van der Waals surface area contributed by atoms with E-state index in [-0.39, 0.29) is 24.3 Å². The van der Waals surface area contributed by atoms with Crippen molar-refractivity contribution in [1.82, 2.24) is 19.1 Å². The van der Waals surface area contributed by atoms with Gasteiger partial charge in [-0.3, -0.25) is 18.7 Å². The molecule has 0 aliphatic carbocycles. The van der Waals surface area contributed by atoms with Crippen molar-refractivity contribution in [3.05, 3.63) is 93.4 Å². The number of amides is 1. The van der Waals surface area contributed by atoms with Crippen LogP contribution in [-0.2, 0) is 24.3 Å². The second-order valence-electron chi connectivity index (χ2n) is 7.04. The van der Waals surface area contributed by atoms with Gasteiger partial charge in [-0.15, -0.1) is 0 Å². The molecule has 1 amide bonds. The van der Waals surface area contributed by atoms with Gasteiger partial charge in [-0.2, -0.15) is 0 Å². The molecular formula is C23H21N5O4. The minimum absolute atomic E-state index is 0.0326. The lowest BCUT2D eigenvalue weighted by Crippen LogP contribution is -2.42. The van der Waals surface area contributed by atoms with Crippen LogP contribution in [0.2, 0.25) is 0 Å². The van der Waals surface area contributed by atoms with E-state index < -0.39 is 17.2 Å². The van der Waals surface area contributed by atoms with E-state index in [4.69, 9.17) is 4.74 Å². The van der Waals surface area contributed by atoms with Crippen molar-refractivity contribution >= 4 is 22.8 Å². The zero-order valence-corrected chi connectivity index (χ0v) is 17.4. The van der Waals surface area contributed by atoms with Crippen LogP contribution in [0.1, 0.15) is 5.56 Å².